The summed E-state index contributed by atoms with van der Waals surface area (Å²) in [6, 6.07) is 0. The van der Waals surface area contributed by atoms with E-state index < -0.39 is 11.0 Å². The molecule has 0 N–H and O–H groups in total. The number of nitro groups is 1. The van der Waals surface area contributed by atoms with Gasteiger partial charge in [0.2, 0.25) is 0 Å². The summed E-state index contributed by atoms with van der Waals surface area (Å²) >= 11 is 0. The number of ether oxygens (including phenoxy) is 1. The molecule has 0 aromatic carbocycles. The third-order valence-electron chi connectivity index (χ3n) is 2.81. The van der Waals surface area contributed by atoms with E-state index in [2.05, 4.69) is 18.3 Å². The quantitative estimate of drug-likeness (QED) is 0.411. The molecular weight excluding hydrogens is 246 g/mol. The Bertz CT molecular complexity index is 468. The predicted molar refractivity (Wildman–Crippen MR) is 72.8 cm³/mol. The van der Waals surface area contributed by atoms with Gasteiger partial charge in [-0.2, -0.15) is 5.10 Å². The summed E-state index contributed by atoms with van der Waals surface area (Å²) < 4.78 is 7.27. The highest BCUT2D eigenvalue weighted by Gasteiger charge is 2.28. The van der Waals surface area contributed by atoms with E-state index in [0.29, 0.717) is 18.5 Å². The van der Waals surface area contributed by atoms with Crippen molar-refractivity contribution in [2.45, 2.75) is 32.0 Å². The maximum atomic E-state index is 11.0. The first-order chi connectivity index (χ1) is 9.01. The van der Waals surface area contributed by atoms with Crippen LogP contribution in [0, 0.1) is 10.1 Å². The van der Waals surface area contributed by atoms with E-state index in [1.165, 1.54) is 10.9 Å². The van der Waals surface area contributed by atoms with Gasteiger partial charge in [-0.3, -0.25) is 14.8 Å². The van der Waals surface area contributed by atoms with E-state index in [1.807, 2.05) is 6.92 Å². The Balaban J connectivity index is 3.08. The summed E-state index contributed by atoms with van der Waals surface area (Å²) in [4.78, 5) is 10.6. The van der Waals surface area contributed by atoms with Crippen LogP contribution in [0.1, 0.15) is 31.6 Å². The molecule has 0 spiro atoms. The topological polar surface area (TPSA) is 70.2 Å². The molecule has 1 aromatic rings. The van der Waals surface area contributed by atoms with Gasteiger partial charge in [0.05, 0.1) is 11.0 Å². The van der Waals surface area contributed by atoms with Gasteiger partial charge in [0.15, 0.2) is 0 Å². The molecule has 1 rings (SSSR count). The largest absolute Gasteiger partial charge is 0.365 e. The molecule has 0 fully saturated rings. The summed E-state index contributed by atoms with van der Waals surface area (Å²) in [5, 5.41) is 15.0. The minimum absolute atomic E-state index is 0.0205. The second-order valence-corrected chi connectivity index (χ2v) is 4.23. The van der Waals surface area contributed by atoms with Crippen LogP contribution in [-0.2, 0) is 11.8 Å². The fourth-order valence-electron chi connectivity index (χ4n) is 1.80. The van der Waals surface area contributed by atoms with Gasteiger partial charge in [-0.25, -0.2) is 0 Å². The first kappa shape index (κ1) is 15.1. The van der Waals surface area contributed by atoms with Gasteiger partial charge < -0.3 is 4.74 Å². The number of hydrogen-bond acceptors (Lipinski definition) is 4. The van der Waals surface area contributed by atoms with Crippen LogP contribution in [0.3, 0.4) is 0 Å². The fourth-order valence-corrected chi connectivity index (χ4v) is 1.80. The summed E-state index contributed by atoms with van der Waals surface area (Å²) in [7, 11) is 1.67. The van der Waals surface area contributed by atoms with E-state index in [0.717, 1.165) is 0 Å². The number of allylic oxidation sites excluding steroid dienone is 1. The van der Waals surface area contributed by atoms with Gasteiger partial charge in [-0.15, -0.1) is 13.2 Å². The van der Waals surface area contributed by atoms with Crippen LogP contribution in [0.5, 0.6) is 0 Å². The monoisotopic (exact) mass is 265 g/mol. The van der Waals surface area contributed by atoms with E-state index in [4.69, 9.17) is 4.74 Å². The highest BCUT2D eigenvalue weighted by atomic mass is 16.6. The molecule has 0 aliphatic carbocycles. The molecule has 104 valence electrons. The standard InChI is InChI=1S/C13H19N3O3/c1-5-7-8-12(19-10(3)6-2)13-11(16(17)18)9-14-15(13)4/h5-6,9-10,12H,1-2,7-8H2,3-4H3/t10?,12-/m0/s1. The molecule has 1 aromatic heterocycles. The Morgan fingerprint density at radius 2 is 2.32 bits per heavy atom. The molecule has 0 saturated carbocycles. The normalized spacial score (nSPS) is 13.8. The van der Waals surface area contributed by atoms with Crippen LogP contribution in [0.25, 0.3) is 0 Å². The molecule has 1 heterocycles. The summed E-state index contributed by atoms with van der Waals surface area (Å²) in [5.74, 6) is 0. The van der Waals surface area contributed by atoms with Crippen LogP contribution >= 0.6 is 0 Å². The van der Waals surface area contributed by atoms with Gasteiger partial charge in [-0.05, 0) is 19.8 Å². The SMILES string of the molecule is C=CCC[C@H](OC(C)C=C)c1c([N+](=O)[O-])cnn1C. The molecule has 0 radical (unpaired) electrons. The first-order valence-corrected chi connectivity index (χ1v) is 6.06. The van der Waals surface area contributed by atoms with Crippen LogP contribution in [0.2, 0.25) is 0 Å². The van der Waals surface area contributed by atoms with Crippen molar-refractivity contribution in [1.82, 2.24) is 9.78 Å². The zero-order valence-electron chi connectivity index (χ0n) is 11.3. The predicted octanol–water partition coefficient (Wildman–Crippen LogP) is 2.93. The number of rotatable bonds is 8. The molecule has 0 aliphatic rings. The maximum Gasteiger partial charge on any atom is 0.312 e. The fraction of sp³-hybridized carbons (Fsp3) is 0.462. The minimum Gasteiger partial charge on any atom is -0.365 e. The van der Waals surface area contributed by atoms with Crippen LogP contribution < -0.4 is 0 Å². The lowest BCUT2D eigenvalue weighted by atomic mass is 10.1. The summed E-state index contributed by atoms with van der Waals surface area (Å²) in [5.41, 5.74) is 0.452. The van der Waals surface area contributed by atoms with Crippen molar-refractivity contribution in [3.8, 4) is 0 Å². The van der Waals surface area contributed by atoms with Crippen molar-refractivity contribution in [3.05, 3.63) is 47.3 Å². The van der Waals surface area contributed by atoms with Crippen molar-refractivity contribution in [2.24, 2.45) is 7.05 Å². The molecule has 0 bridgehead atoms. The van der Waals surface area contributed by atoms with E-state index >= 15 is 0 Å². The zero-order valence-corrected chi connectivity index (χ0v) is 11.3. The van der Waals surface area contributed by atoms with Crippen LogP contribution in [-0.4, -0.2) is 20.8 Å². The number of nitrogens with zero attached hydrogens (tertiary/aromatic N) is 3. The molecular formula is C13H19N3O3. The average molecular weight is 265 g/mol. The van der Waals surface area contributed by atoms with Crippen LogP contribution in [0.15, 0.2) is 31.5 Å². The lowest BCUT2D eigenvalue weighted by Crippen LogP contribution is -2.16. The number of hydrogen-bond donors (Lipinski definition) is 0. The lowest BCUT2D eigenvalue weighted by molar-refractivity contribution is -0.386. The number of aromatic nitrogens is 2. The minimum atomic E-state index is -0.439. The third kappa shape index (κ3) is 3.75. The Morgan fingerprint density at radius 1 is 1.63 bits per heavy atom. The molecule has 6 nitrogen and oxygen atoms in total. The van der Waals surface area contributed by atoms with Crippen molar-refractivity contribution in [1.29, 1.82) is 0 Å². The van der Waals surface area contributed by atoms with Crippen molar-refractivity contribution in [3.63, 3.8) is 0 Å². The Hall–Kier alpha value is -1.95. The van der Waals surface area contributed by atoms with Gasteiger partial charge in [0.25, 0.3) is 0 Å². The zero-order chi connectivity index (χ0) is 14.4. The Kier molecular flexibility index (Phi) is 5.44. The average Bonchev–Trinajstić information content (AvgIpc) is 2.76. The molecule has 2 atom stereocenters. The van der Waals surface area contributed by atoms with E-state index in [1.54, 1.807) is 19.2 Å². The molecule has 0 amide bonds. The van der Waals surface area contributed by atoms with Gasteiger partial charge in [0, 0.05) is 7.05 Å². The summed E-state index contributed by atoms with van der Waals surface area (Å²) in [6.07, 6.45) is 5.39. The second kappa shape index (κ2) is 6.84. The van der Waals surface area contributed by atoms with Crippen molar-refractivity contribution >= 4 is 5.69 Å². The Labute approximate surface area is 112 Å². The van der Waals surface area contributed by atoms with E-state index in [-0.39, 0.29) is 11.8 Å². The van der Waals surface area contributed by atoms with Gasteiger partial charge >= 0.3 is 5.69 Å². The highest BCUT2D eigenvalue weighted by molar-refractivity contribution is 5.34. The molecule has 1 unspecified atom stereocenters. The molecule has 0 saturated heterocycles. The highest BCUT2D eigenvalue weighted by Crippen LogP contribution is 2.31. The van der Waals surface area contributed by atoms with Crippen molar-refractivity contribution < 1.29 is 9.66 Å². The molecule has 19 heavy (non-hydrogen) atoms. The molecule has 6 heteroatoms. The number of aryl methyl sites for hydroxylation is 1. The lowest BCUT2D eigenvalue weighted by Gasteiger charge is -2.20. The van der Waals surface area contributed by atoms with Gasteiger partial charge in [-0.1, -0.05) is 12.2 Å². The molecule has 0 aliphatic heterocycles. The first-order valence-electron chi connectivity index (χ1n) is 6.06. The smallest absolute Gasteiger partial charge is 0.312 e. The van der Waals surface area contributed by atoms with Crippen LogP contribution in [0.4, 0.5) is 5.69 Å². The Morgan fingerprint density at radius 3 is 2.84 bits per heavy atom. The second-order valence-electron chi connectivity index (χ2n) is 4.23. The van der Waals surface area contributed by atoms with E-state index in [9.17, 15) is 10.1 Å². The van der Waals surface area contributed by atoms with Crippen molar-refractivity contribution in [2.75, 3.05) is 0 Å². The summed E-state index contributed by atoms with van der Waals surface area (Å²) in [6.45, 7) is 9.16. The van der Waals surface area contributed by atoms with Gasteiger partial charge in [0.1, 0.15) is 18.0 Å². The maximum absolute atomic E-state index is 11.0. The third-order valence-corrected chi connectivity index (χ3v) is 2.81.